The largest absolute Gasteiger partial charge is 0.340 e. The Balaban J connectivity index is 1.76. The average molecular weight is 298 g/mol. The minimum Gasteiger partial charge on any atom is -0.340 e. The molecule has 0 atom stereocenters. The second-order valence-electron chi connectivity index (χ2n) is 4.48. The third-order valence-corrected chi connectivity index (χ3v) is 3.88. The van der Waals surface area contributed by atoms with Crippen LogP contribution < -0.4 is 0 Å². The molecule has 0 amide bonds. The van der Waals surface area contributed by atoms with Crippen molar-refractivity contribution in [1.82, 2.24) is 29.9 Å². The van der Waals surface area contributed by atoms with Gasteiger partial charge >= 0.3 is 0 Å². The highest BCUT2D eigenvalue weighted by Crippen LogP contribution is 2.32. The topological polar surface area (TPSA) is 85.4 Å². The summed E-state index contributed by atoms with van der Waals surface area (Å²) in [6.45, 7) is 0. The predicted octanol–water partition coefficient (Wildman–Crippen LogP) is 2.59. The van der Waals surface area contributed by atoms with Gasteiger partial charge in [-0.15, -0.1) is 11.3 Å². The lowest BCUT2D eigenvalue weighted by molar-refractivity contribution is 0.432. The molecule has 0 spiro atoms. The summed E-state index contributed by atoms with van der Waals surface area (Å²) < 4.78 is 7.18. The van der Waals surface area contributed by atoms with E-state index in [1.165, 1.54) is 0 Å². The zero-order chi connectivity index (χ0) is 14.2. The van der Waals surface area contributed by atoms with Gasteiger partial charge in [0, 0.05) is 13.2 Å². The lowest BCUT2D eigenvalue weighted by Crippen LogP contribution is -1.82. The fourth-order valence-electron chi connectivity index (χ4n) is 2.02. The van der Waals surface area contributed by atoms with Crippen LogP contribution in [0.4, 0.5) is 0 Å². The summed E-state index contributed by atoms with van der Waals surface area (Å²) in [5.41, 5.74) is 2.34. The van der Waals surface area contributed by atoms with Crippen molar-refractivity contribution in [1.29, 1.82) is 0 Å². The molecule has 0 fully saturated rings. The maximum absolute atomic E-state index is 5.35. The van der Waals surface area contributed by atoms with E-state index in [2.05, 4.69) is 25.3 Å². The van der Waals surface area contributed by atoms with Gasteiger partial charge in [0.05, 0.1) is 28.7 Å². The summed E-state index contributed by atoms with van der Waals surface area (Å²) in [5.74, 6) is 0.886. The number of rotatable bonds is 3. The first kappa shape index (κ1) is 12.0. The van der Waals surface area contributed by atoms with Crippen molar-refractivity contribution in [2.24, 2.45) is 7.05 Å². The van der Waals surface area contributed by atoms with Crippen LogP contribution in [0, 0.1) is 0 Å². The molecule has 0 bridgehead atoms. The molecule has 1 N–H and O–H groups in total. The first-order valence-corrected chi connectivity index (χ1v) is 7.09. The van der Waals surface area contributed by atoms with Gasteiger partial charge in [-0.3, -0.25) is 5.10 Å². The highest BCUT2D eigenvalue weighted by molar-refractivity contribution is 7.13. The number of nitrogens with one attached hydrogen (secondary N) is 1. The molecule has 21 heavy (non-hydrogen) atoms. The van der Waals surface area contributed by atoms with Gasteiger partial charge in [-0.1, -0.05) is 11.2 Å². The monoisotopic (exact) mass is 298 g/mol. The van der Waals surface area contributed by atoms with Crippen molar-refractivity contribution in [3.8, 4) is 33.5 Å². The molecule has 4 aromatic heterocycles. The van der Waals surface area contributed by atoms with E-state index in [-0.39, 0.29) is 0 Å². The third kappa shape index (κ3) is 2.05. The van der Waals surface area contributed by atoms with Gasteiger partial charge in [-0.05, 0) is 11.4 Å². The quantitative estimate of drug-likeness (QED) is 0.628. The molecule has 4 rings (SSSR count). The van der Waals surface area contributed by atoms with Gasteiger partial charge < -0.3 is 9.09 Å². The van der Waals surface area contributed by atoms with Crippen LogP contribution in [0.5, 0.6) is 0 Å². The molecule has 4 aromatic rings. The number of hydrogen-bond acceptors (Lipinski definition) is 6. The number of aromatic amines is 1. The van der Waals surface area contributed by atoms with Crippen molar-refractivity contribution in [2.75, 3.05) is 0 Å². The molecular weight excluding hydrogens is 288 g/mol. The Morgan fingerprint density at radius 1 is 1.38 bits per heavy atom. The first-order chi connectivity index (χ1) is 10.3. The van der Waals surface area contributed by atoms with Crippen LogP contribution in [0.1, 0.15) is 0 Å². The van der Waals surface area contributed by atoms with E-state index in [0.29, 0.717) is 17.4 Å². The average Bonchev–Trinajstić information content (AvgIpc) is 3.25. The summed E-state index contributed by atoms with van der Waals surface area (Å²) in [6, 6.07) is 4.00. The van der Waals surface area contributed by atoms with Gasteiger partial charge in [0.1, 0.15) is 5.69 Å². The van der Waals surface area contributed by atoms with E-state index in [0.717, 1.165) is 16.1 Å². The number of imidazole rings is 1. The number of aromatic nitrogens is 6. The summed E-state index contributed by atoms with van der Waals surface area (Å²) >= 11 is 1.62. The van der Waals surface area contributed by atoms with Crippen LogP contribution in [0.15, 0.2) is 40.8 Å². The summed E-state index contributed by atoms with van der Waals surface area (Å²) in [7, 11) is 1.89. The molecule has 0 unspecified atom stereocenters. The molecule has 0 aliphatic heterocycles. The number of hydrogen-bond donors (Lipinski definition) is 1. The van der Waals surface area contributed by atoms with Gasteiger partial charge in [0.2, 0.25) is 5.82 Å². The fourth-order valence-corrected chi connectivity index (χ4v) is 2.76. The van der Waals surface area contributed by atoms with E-state index in [1.807, 2.05) is 35.3 Å². The molecule has 0 aromatic carbocycles. The molecule has 8 heteroatoms. The van der Waals surface area contributed by atoms with Crippen LogP contribution >= 0.6 is 11.3 Å². The normalized spacial score (nSPS) is 11.1. The molecule has 0 saturated carbocycles. The van der Waals surface area contributed by atoms with E-state index >= 15 is 0 Å². The van der Waals surface area contributed by atoms with Gasteiger partial charge in [-0.2, -0.15) is 10.1 Å². The summed E-state index contributed by atoms with van der Waals surface area (Å²) in [6.07, 6.45) is 5.22. The van der Waals surface area contributed by atoms with Gasteiger partial charge in [0.15, 0.2) is 0 Å². The molecule has 0 aliphatic carbocycles. The molecule has 7 nitrogen and oxygen atoms in total. The summed E-state index contributed by atoms with van der Waals surface area (Å²) in [5, 5.41) is 13.0. The maximum atomic E-state index is 5.35. The number of H-pyrrole nitrogens is 1. The molecule has 104 valence electrons. The number of nitrogens with zero attached hydrogens (tertiary/aromatic N) is 5. The Kier molecular flexibility index (Phi) is 2.68. The Hall–Kier alpha value is -2.74. The smallest absolute Gasteiger partial charge is 0.262 e. The van der Waals surface area contributed by atoms with Crippen LogP contribution in [0.3, 0.4) is 0 Å². The second kappa shape index (κ2) is 4.67. The van der Waals surface area contributed by atoms with Crippen LogP contribution in [0.25, 0.3) is 33.5 Å². The van der Waals surface area contributed by atoms with E-state index in [9.17, 15) is 0 Å². The highest BCUT2D eigenvalue weighted by atomic mass is 32.1. The Morgan fingerprint density at radius 3 is 3.10 bits per heavy atom. The Labute approximate surface area is 123 Å². The zero-order valence-electron chi connectivity index (χ0n) is 11.0. The van der Waals surface area contributed by atoms with Crippen LogP contribution in [0.2, 0.25) is 0 Å². The van der Waals surface area contributed by atoms with Crippen molar-refractivity contribution in [2.45, 2.75) is 0 Å². The lowest BCUT2D eigenvalue weighted by atomic mass is 10.2. The van der Waals surface area contributed by atoms with Crippen molar-refractivity contribution >= 4 is 11.3 Å². The minimum atomic E-state index is 0.424. The molecular formula is C13H10N6OS. The highest BCUT2D eigenvalue weighted by Gasteiger charge is 2.18. The van der Waals surface area contributed by atoms with Crippen molar-refractivity contribution in [3.63, 3.8) is 0 Å². The third-order valence-electron chi connectivity index (χ3n) is 3.00. The van der Waals surface area contributed by atoms with E-state index in [1.54, 1.807) is 23.9 Å². The van der Waals surface area contributed by atoms with Crippen LogP contribution in [-0.4, -0.2) is 29.9 Å². The standard InChI is InChI=1S/C13H10N6OS/c1-19-6-9(14-7-19)12-16-13(20-18-12)8-5-15-17-11(8)10-3-2-4-21-10/h2-7H,1H3,(H,15,17). The van der Waals surface area contributed by atoms with Crippen LogP contribution in [-0.2, 0) is 7.05 Å². The second-order valence-corrected chi connectivity index (χ2v) is 5.43. The number of thiophene rings is 1. The predicted molar refractivity (Wildman–Crippen MR) is 77.4 cm³/mol. The SMILES string of the molecule is Cn1cnc(-c2noc(-c3cn[nH]c3-c3cccs3)n2)c1. The number of aryl methyl sites for hydroxylation is 1. The van der Waals surface area contributed by atoms with Gasteiger partial charge in [-0.25, -0.2) is 4.98 Å². The van der Waals surface area contributed by atoms with Crippen molar-refractivity contribution < 1.29 is 4.52 Å². The van der Waals surface area contributed by atoms with E-state index < -0.39 is 0 Å². The first-order valence-electron chi connectivity index (χ1n) is 6.21. The fraction of sp³-hybridized carbons (Fsp3) is 0.0769. The maximum Gasteiger partial charge on any atom is 0.262 e. The van der Waals surface area contributed by atoms with Gasteiger partial charge in [0.25, 0.3) is 5.89 Å². The lowest BCUT2D eigenvalue weighted by Gasteiger charge is -1.94. The van der Waals surface area contributed by atoms with Crippen molar-refractivity contribution in [3.05, 3.63) is 36.2 Å². The molecule has 0 radical (unpaired) electrons. The minimum absolute atomic E-state index is 0.424. The Bertz CT molecular complexity index is 872. The molecule has 0 saturated heterocycles. The van der Waals surface area contributed by atoms with E-state index in [4.69, 9.17) is 4.52 Å². The summed E-state index contributed by atoms with van der Waals surface area (Å²) in [4.78, 5) is 9.68. The zero-order valence-corrected chi connectivity index (χ0v) is 11.8. The molecule has 4 heterocycles. The molecule has 0 aliphatic rings. The Morgan fingerprint density at radius 2 is 2.33 bits per heavy atom.